The summed E-state index contributed by atoms with van der Waals surface area (Å²) < 4.78 is 19.0. The minimum atomic E-state index is -0.333. The van der Waals surface area contributed by atoms with Gasteiger partial charge in [-0.1, -0.05) is 48.5 Å². The van der Waals surface area contributed by atoms with Crippen LogP contribution in [-0.4, -0.2) is 28.9 Å². The number of aromatic nitrogens is 2. The second-order valence-corrected chi connectivity index (χ2v) is 8.75. The van der Waals surface area contributed by atoms with E-state index in [9.17, 15) is 4.79 Å². The predicted molar refractivity (Wildman–Crippen MR) is 133 cm³/mol. The van der Waals surface area contributed by atoms with Crippen molar-refractivity contribution in [2.24, 2.45) is 0 Å². The summed E-state index contributed by atoms with van der Waals surface area (Å²) in [6.45, 7) is 4.19. The van der Waals surface area contributed by atoms with Crippen molar-refractivity contribution in [3.05, 3.63) is 100 Å². The third-order valence-corrected chi connectivity index (χ3v) is 6.70. The molecule has 0 saturated heterocycles. The minimum absolute atomic E-state index is 0.138. The van der Waals surface area contributed by atoms with Crippen molar-refractivity contribution >= 4 is 22.6 Å². The van der Waals surface area contributed by atoms with Crippen LogP contribution in [0.15, 0.2) is 60.9 Å². The van der Waals surface area contributed by atoms with Gasteiger partial charge in [0.1, 0.15) is 6.26 Å². The van der Waals surface area contributed by atoms with E-state index in [1.165, 1.54) is 16.5 Å². The predicted octanol–water partition coefficient (Wildman–Crippen LogP) is 4.69. The fourth-order valence-electron chi connectivity index (χ4n) is 5.18. The number of esters is 1. The molecule has 0 amide bonds. The van der Waals surface area contributed by atoms with Crippen LogP contribution in [0.25, 0.3) is 16.7 Å². The van der Waals surface area contributed by atoms with Crippen LogP contribution in [-0.2, 0) is 40.3 Å². The van der Waals surface area contributed by atoms with E-state index in [4.69, 9.17) is 14.2 Å². The van der Waals surface area contributed by atoms with Gasteiger partial charge in [-0.15, -0.1) is 0 Å². The summed E-state index contributed by atoms with van der Waals surface area (Å²) in [4.78, 5) is 16.9. The minimum Gasteiger partial charge on any atom is -0.462 e. The molecule has 35 heavy (non-hydrogen) atoms. The second kappa shape index (κ2) is 9.00. The van der Waals surface area contributed by atoms with Crippen LogP contribution in [0.5, 0.6) is 0 Å². The molecule has 7 nitrogen and oxygen atoms in total. The second-order valence-electron chi connectivity index (χ2n) is 8.75. The average molecular weight is 470 g/mol. The average Bonchev–Trinajstić information content (AvgIpc) is 3.60. The van der Waals surface area contributed by atoms with Crippen molar-refractivity contribution in [1.29, 1.82) is 0 Å². The van der Waals surface area contributed by atoms with Crippen LogP contribution >= 0.6 is 0 Å². The van der Waals surface area contributed by atoms with Crippen LogP contribution in [0.1, 0.15) is 51.1 Å². The number of carbonyl (C=O) groups excluding carboxylic acids is 1. The number of para-hydroxylation sites is 1. The molecular weight excluding hydrogens is 442 g/mol. The Morgan fingerprint density at radius 1 is 1.11 bits per heavy atom. The van der Waals surface area contributed by atoms with Gasteiger partial charge in [-0.2, -0.15) is 0 Å². The third-order valence-electron chi connectivity index (χ3n) is 6.70. The fraction of sp³-hybridized carbons (Fsp3) is 0.250. The SMILES string of the molecule is CCOC(=O)c1c(C2=COCO2)c(CNCc2ccccc2)n2c1Cc1c([nH]c3ccccc13)C2. The summed E-state index contributed by atoms with van der Waals surface area (Å²) >= 11 is 0. The molecule has 2 N–H and O–H groups in total. The topological polar surface area (TPSA) is 77.5 Å². The van der Waals surface area contributed by atoms with Gasteiger partial charge in [-0.25, -0.2) is 4.79 Å². The zero-order chi connectivity index (χ0) is 23.8. The van der Waals surface area contributed by atoms with Gasteiger partial charge in [0.15, 0.2) is 5.76 Å². The summed E-state index contributed by atoms with van der Waals surface area (Å²) in [6, 6.07) is 18.6. The number of carbonyl (C=O) groups is 1. The first-order valence-electron chi connectivity index (χ1n) is 11.9. The molecule has 0 fully saturated rings. The summed E-state index contributed by atoms with van der Waals surface area (Å²) in [5.41, 5.74) is 7.95. The maximum Gasteiger partial charge on any atom is 0.340 e. The van der Waals surface area contributed by atoms with E-state index in [0.29, 0.717) is 44.0 Å². The third kappa shape index (κ3) is 3.78. The summed E-state index contributed by atoms with van der Waals surface area (Å²) in [5, 5.41) is 4.75. The Bertz CT molecular complexity index is 1430. The number of H-pyrrole nitrogens is 1. The zero-order valence-corrected chi connectivity index (χ0v) is 19.6. The van der Waals surface area contributed by atoms with Gasteiger partial charge in [0.25, 0.3) is 0 Å². The Kier molecular flexibility index (Phi) is 5.54. The molecule has 0 atom stereocenters. The van der Waals surface area contributed by atoms with Crippen LogP contribution in [0, 0.1) is 0 Å². The first-order chi connectivity index (χ1) is 17.2. The smallest absolute Gasteiger partial charge is 0.340 e. The lowest BCUT2D eigenvalue weighted by Crippen LogP contribution is -2.21. The van der Waals surface area contributed by atoms with E-state index in [2.05, 4.69) is 45.2 Å². The van der Waals surface area contributed by atoms with Crippen LogP contribution in [0.4, 0.5) is 0 Å². The van der Waals surface area contributed by atoms with Crippen molar-refractivity contribution in [2.75, 3.05) is 13.4 Å². The molecule has 0 aliphatic carbocycles. The number of nitrogens with zero attached hydrogens (tertiary/aromatic N) is 1. The summed E-state index contributed by atoms with van der Waals surface area (Å²) in [6.07, 6.45) is 2.23. The van der Waals surface area contributed by atoms with Crippen molar-refractivity contribution in [3.63, 3.8) is 0 Å². The largest absolute Gasteiger partial charge is 0.462 e. The molecular formula is C28H27N3O4. The Morgan fingerprint density at radius 2 is 1.94 bits per heavy atom. The molecule has 0 bridgehead atoms. The number of nitrogens with one attached hydrogen (secondary N) is 2. The molecule has 0 radical (unpaired) electrons. The van der Waals surface area contributed by atoms with Gasteiger partial charge < -0.3 is 29.1 Å². The highest BCUT2D eigenvalue weighted by atomic mass is 16.7. The zero-order valence-electron chi connectivity index (χ0n) is 19.6. The number of ether oxygens (including phenoxy) is 3. The number of fused-ring (bicyclic) bond motifs is 4. The lowest BCUT2D eigenvalue weighted by atomic mass is 9.98. The molecule has 4 heterocycles. The van der Waals surface area contributed by atoms with Crippen molar-refractivity contribution in [1.82, 2.24) is 14.9 Å². The molecule has 178 valence electrons. The van der Waals surface area contributed by atoms with Crippen molar-refractivity contribution in [3.8, 4) is 0 Å². The van der Waals surface area contributed by atoms with E-state index in [0.717, 1.165) is 28.2 Å². The monoisotopic (exact) mass is 469 g/mol. The van der Waals surface area contributed by atoms with Crippen molar-refractivity contribution in [2.45, 2.75) is 33.0 Å². The number of benzene rings is 2. The van der Waals surface area contributed by atoms with Gasteiger partial charge >= 0.3 is 5.97 Å². The first-order valence-corrected chi connectivity index (χ1v) is 11.9. The normalized spacial score (nSPS) is 14.1. The molecule has 0 unspecified atom stereocenters. The van der Waals surface area contributed by atoms with Crippen LogP contribution < -0.4 is 5.32 Å². The Hall–Kier alpha value is -3.97. The maximum atomic E-state index is 13.3. The molecule has 2 aliphatic heterocycles. The van der Waals surface area contributed by atoms with Crippen molar-refractivity contribution < 1.29 is 19.0 Å². The molecule has 6 rings (SSSR count). The lowest BCUT2D eigenvalue weighted by Gasteiger charge is -2.20. The van der Waals surface area contributed by atoms with Gasteiger partial charge in [0.05, 0.1) is 24.3 Å². The molecule has 4 aromatic rings. The van der Waals surface area contributed by atoms with E-state index in [1.807, 2.05) is 31.2 Å². The number of hydrogen-bond acceptors (Lipinski definition) is 5. The molecule has 0 spiro atoms. The van der Waals surface area contributed by atoms with Gasteiger partial charge in [-0.3, -0.25) is 0 Å². The molecule has 2 aromatic carbocycles. The van der Waals surface area contributed by atoms with Crippen LogP contribution in [0.2, 0.25) is 0 Å². The highest BCUT2D eigenvalue weighted by Crippen LogP contribution is 2.39. The van der Waals surface area contributed by atoms with Gasteiger partial charge in [-0.05, 0) is 24.1 Å². The number of hydrogen-bond donors (Lipinski definition) is 2. The number of aromatic amines is 1. The molecule has 2 aliphatic rings. The standard InChI is InChI=1S/C28H27N3O4/c1-2-34-28(32)27-23-12-20-19-10-6-7-11-21(19)30-22(20)15-31(23)24(26(27)25-16-33-17-35-25)14-29-13-18-8-4-3-5-9-18/h3-11,16,29-30H,2,12-15,17H2,1H3. The van der Waals surface area contributed by atoms with E-state index < -0.39 is 0 Å². The Morgan fingerprint density at radius 3 is 2.74 bits per heavy atom. The van der Waals surface area contributed by atoms with E-state index in [-0.39, 0.29) is 12.8 Å². The van der Waals surface area contributed by atoms with E-state index >= 15 is 0 Å². The molecule has 0 saturated carbocycles. The van der Waals surface area contributed by atoms with Gasteiger partial charge in [0.2, 0.25) is 6.79 Å². The van der Waals surface area contributed by atoms with Crippen LogP contribution in [0.3, 0.4) is 0 Å². The highest BCUT2D eigenvalue weighted by Gasteiger charge is 2.35. The first kappa shape index (κ1) is 21.6. The fourth-order valence-corrected chi connectivity index (χ4v) is 5.18. The molecule has 2 aromatic heterocycles. The Balaban J connectivity index is 1.46. The highest BCUT2D eigenvalue weighted by molar-refractivity contribution is 5.98. The van der Waals surface area contributed by atoms with E-state index in [1.54, 1.807) is 6.26 Å². The summed E-state index contributed by atoms with van der Waals surface area (Å²) in [7, 11) is 0. The Labute approximate surface area is 203 Å². The lowest BCUT2D eigenvalue weighted by molar-refractivity contribution is 0.0523. The quantitative estimate of drug-likeness (QED) is 0.338. The number of rotatable bonds is 7. The van der Waals surface area contributed by atoms with Gasteiger partial charge in [0, 0.05) is 47.5 Å². The summed E-state index contributed by atoms with van der Waals surface area (Å²) in [5.74, 6) is 0.236. The molecule has 7 heteroatoms. The maximum absolute atomic E-state index is 13.3.